The Kier molecular flexibility index (Phi) is 5.04. The van der Waals surface area contributed by atoms with Crippen molar-refractivity contribution < 1.29 is 4.74 Å². The predicted octanol–water partition coefficient (Wildman–Crippen LogP) is 1.88. The standard InChI is InChI=1S/C11H19N3O/c1-4-9(2)14-11-7-10(5-6-15-3)12-8-13-11/h7-9H,4-6H2,1-3H3,(H,12,13,14). The molecule has 0 bridgehead atoms. The molecule has 1 unspecified atom stereocenters. The molecule has 4 heteroatoms. The van der Waals surface area contributed by atoms with E-state index in [9.17, 15) is 0 Å². The van der Waals surface area contributed by atoms with E-state index in [2.05, 4.69) is 29.1 Å². The molecule has 1 aromatic rings. The third-order valence-electron chi connectivity index (χ3n) is 2.29. The molecule has 0 saturated heterocycles. The van der Waals surface area contributed by atoms with E-state index < -0.39 is 0 Å². The zero-order valence-corrected chi connectivity index (χ0v) is 9.66. The molecule has 0 amide bonds. The first kappa shape index (κ1) is 11.9. The van der Waals surface area contributed by atoms with Gasteiger partial charge in [0.25, 0.3) is 0 Å². The van der Waals surface area contributed by atoms with E-state index in [1.807, 2.05) is 6.07 Å². The number of methoxy groups -OCH3 is 1. The number of hydrogen-bond donors (Lipinski definition) is 1. The monoisotopic (exact) mass is 209 g/mol. The second-order valence-corrected chi connectivity index (χ2v) is 3.59. The van der Waals surface area contributed by atoms with Gasteiger partial charge in [0.1, 0.15) is 12.1 Å². The summed E-state index contributed by atoms with van der Waals surface area (Å²) in [6.45, 7) is 4.97. The molecule has 84 valence electrons. The van der Waals surface area contributed by atoms with E-state index in [4.69, 9.17) is 4.74 Å². The Morgan fingerprint density at radius 3 is 2.93 bits per heavy atom. The lowest BCUT2D eigenvalue weighted by molar-refractivity contribution is 0.201. The smallest absolute Gasteiger partial charge is 0.129 e. The summed E-state index contributed by atoms with van der Waals surface area (Å²) in [7, 11) is 1.69. The number of nitrogens with one attached hydrogen (secondary N) is 1. The average Bonchev–Trinajstić information content (AvgIpc) is 2.26. The molecule has 1 atom stereocenters. The van der Waals surface area contributed by atoms with Gasteiger partial charge >= 0.3 is 0 Å². The van der Waals surface area contributed by atoms with Crippen molar-refractivity contribution in [2.24, 2.45) is 0 Å². The SMILES string of the molecule is CCC(C)Nc1cc(CCOC)ncn1. The summed E-state index contributed by atoms with van der Waals surface area (Å²) in [5, 5.41) is 3.32. The molecule has 0 saturated carbocycles. The molecule has 1 heterocycles. The third-order valence-corrected chi connectivity index (χ3v) is 2.29. The van der Waals surface area contributed by atoms with E-state index in [-0.39, 0.29) is 0 Å². The third kappa shape index (κ3) is 4.25. The van der Waals surface area contributed by atoms with Crippen LogP contribution in [0, 0.1) is 0 Å². The van der Waals surface area contributed by atoms with Gasteiger partial charge in [-0.2, -0.15) is 0 Å². The molecular weight excluding hydrogens is 190 g/mol. The summed E-state index contributed by atoms with van der Waals surface area (Å²) in [4.78, 5) is 8.35. The fraction of sp³-hybridized carbons (Fsp3) is 0.636. The number of anilines is 1. The van der Waals surface area contributed by atoms with Gasteiger partial charge in [0.05, 0.1) is 6.61 Å². The van der Waals surface area contributed by atoms with Crippen molar-refractivity contribution in [3.05, 3.63) is 18.1 Å². The quantitative estimate of drug-likeness (QED) is 0.777. The molecule has 1 aromatic heterocycles. The van der Waals surface area contributed by atoms with Gasteiger partial charge in [-0.25, -0.2) is 9.97 Å². The fourth-order valence-electron chi connectivity index (χ4n) is 1.17. The van der Waals surface area contributed by atoms with Gasteiger partial charge in [0.2, 0.25) is 0 Å². The number of rotatable bonds is 6. The van der Waals surface area contributed by atoms with Crippen LogP contribution >= 0.6 is 0 Å². The Bertz CT molecular complexity index is 291. The Morgan fingerprint density at radius 2 is 2.27 bits per heavy atom. The van der Waals surface area contributed by atoms with Gasteiger partial charge in [0.15, 0.2) is 0 Å². The molecule has 0 fully saturated rings. The topological polar surface area (TPSA) is 47.0 Å². The Balaban J connectivity index is 2.57. The highest BCUT2D eigenvalue weighted by molar-refractivity contribution is 5.35. The lowest BCUT2D eigenvalue weighted by Gasteiger charge is -2.12. The van der Waals surface area contributed by atoms with Gasteiger partial charge < -0.3 is 10.1 Å². The van der Waals surface area contributed by atoms with E-state index in [0.29, 0.717) is 12.6 Å². The first-order chi connectivity index (χ1) is 7.26. The normalized spacial score (nSPS) is 12.5. The second-order valence-electron chi connectivity index (χ2n) is 3.59. The van der Waals surface area contributed by atoms with Gasteiger partial charge in [-0.1, -0.05) is 6.92 Å². The number of hydrogen-bond acceptors (Lipinski definition) is 4. The van der Waals surface area contributed by atoms with Crippen LogP contribution in [0.3, 0.4) is 0 Å². The maximum atomic E-state index is 5.01. The van der Waals surface area contributed by atoms with Gasteiger partial charge in [0, 0.05) is 31.3 Å². The van der Waals surface area contributed by atoms with Crippen molar-refractivity contribution in [3.63, 3.8) is 0 Å². The first-order valence-electron chi connectivity index (χ1n) is 5.32. The maximum absolute atomic E-state index is 5.01. The Hall–Kier alpha value is -1.16. The largest absolute Gasteiger partial charge is 0.384 e. The van der Waals surface area contributed by atoms with Crippen molar-refractivity contribution in [1.82, 2.24) is 9.97 Å². The molecule has 0 aliphatic carbocycles. The van der Waals surface area contributed by atoms with Crippen molar-refractivity contribution >= 4 is 5.82 Å². The van der Waals surface area contributed by atoms with E-state index in [1.54, 1.807) is 13.4 Å². The van der Waals surface area contributed by atoms with Crippen LogP contribution in [0.15, 0.2) is 12.4 Å². The van der Waals surface area contributed by atoms with E-state index in [1.165, 1.54) is 0 Å². The molecule has 1 N–H and O–H groups in total. The van der Waals surface area contributed by atoms with Crippen LogP contribution in [0.1, 0.15) is 26.0 Å². The molecule has 0 aromatic carbocycles. The van der Waals surface area contributed by atoms with Crippen LogP contribution in [-0.2, 0) is 11.2 Å². The first-order valence-corrected chi connectivity index (χ1v) is 5.32. The van der Waals surface area contributed by atoms with Crippen LogP contribution < -0.4 is 5.32 Å². The van der Waals surface area contributed by atoms with Gasteiger partial charge in [-0.15, -0.1) is 0 Å². The van der Waals surface area contributed by atoms with Crippen LogP contribution in [-0.4, -0.2) is 29.7 Å². The highest BCUT2D eigenvalue weighted by Gasteiger charge is 2.01. The van der Waals surface area contributed by atoms with Crippen LogP contribution in [0.25, 0.3) is 0 Å². The fourth-order valence-corrected chi connectivity index (χ4v) is 1.17. The minimum atomic E-state index is 0.440. The summed E-state index contributed by atoms with van der Waals surface area (Å²) in [5.74, 6) is 0.894. The van der Waals surface area contributed by atoms with E-state index >= 15 is 0 Å². The summed E-state index contributed by atoms with van der Waals surface area (Å²) in [5.41, 5.74) is 1.01. The van der Waals surface area contributed by atoms with E-state index in [0.717, 1.165) is 24.4 Å². The molecular formula is C11H19N3O. The minimum absolute atomic E-state index is 0.440. The van der Waals surface area contributed by atoms with Crippen LogP contribution in [0.4, 0.5) is 5.82 Å². The summed E-state index contributed by atoms with van der Waals surface area (Å²) < 4.78 is 5.01. The summed E-state index contributed by atoms with van der Waals surface area (Å²) >= 11 is 0. The van der Waals surface area contributed by atoms with Crippen molar-refractivity contribution in [3.8, 4) is 0 Å². The average molecular weight is 209 g/mol. The van der Waals surface area contributed by atoms with Crippen LogP contribution in [0.2, 0.25) is 0 Å². The zero-order valence-electron chi connectivity index (χ0n) is 9.66. The van der Waals surface area contributed by atoms with Crippen molar-refractivity contribution in [2.45, 2.75) is 32.7 Å². The lowest BCUT2D eigenvalue weighted by Crippen LogP contribution is -2.15. The summed E-state index contributed by atoms with van der Waals surface area (Å²) in [6, 6.07) is 2.42. The second kappa shape index (κ2) is 6.35. The molecule has 15 heavy (non-hydrogen) atoms. The van der Waals surface area contributed by atoms with Crippen molar-refractivity contribution in [1.29, 1.82) is 0 Å². The maximum Gasteiger partial charge on any atom is 0.129 e. The summed E-state index contributed by atoms with van der Waals surface area (Å²) in [6.07, 6.45) is 3.50. The minimum Gasteiger partial charge on any atom is -0.384 e. The molecule has 4 nitrogen and oxygen atoms in total. The number of nitrogens with zero attached hydrogens (tertiary/aromatic N) is 2. The van der Waals surface area contributed by atoms with Gasteiger partial charge in [-0.05, 0) is 13.3 Å². The highest BCUT2D eigenvalue weighted by atomic mass is 16.5. The molecule has 0 aliphatic rings. The molecule has 1 rings (SSSR count). The van der Waals surface area contributed by atoms with Crippen LogP contribution in [0.5, 0.6) is 0 Å². The molecule has 0 spiro atoms. The predicted molar refractivity (Wildman–Crippen MR) is 61.0 cm³/mol. The lowest BCUT2D eigenvalue weighted by atomic mass is 10.2. The Labute approximate surface area is 91.1 Å². The molecule has 0 aliphatic heterocycles. The highest BCUT2D eigenvalue weighted by Crippen LogP contribution is 2.07. The molecule has 0 radical (unpaired) electrons. The van der Waals surface area contributed by atoms with Gasteiger partial charge in [-0.3, -0.25) is 0 Å². The zero-order chi connectivity index (χ0) is 11.1. The number of aromatic nitrogens is 2. The number of ether oxygens (including phenoxy) is 1. The Morgan fingerprint density at radius 1 is 1.47 bits per heavy atom. The van der Waals surface area contributed by atoms with Crippen molar-refractivity contribution in [2.75, 3.05) is 19.0 Å².